The van der Waals surface area contributed by atoms with E-state index in [-0.39, 0.29) is 17.5 Å². The maximum absolute atomic E-state index is 12.2. The number of pyridine rings is 1. The number of hydrogen-bond acceptors (Lipinski definition) is 3. The van der Waals surface area contributed by atoms with Crippen LogP contribution >= 0.6 is 11.3 Å². The highest BCUT2D eigenvalue weighted by molar-refractivity contribution is 7.09. The Kier molecular flexibility index (Phi) is 4.16. The van der Waals surface area contributed by atoms with Crippen LogP contribution in [0.15, 0.2) is 40.6 Å². The smallest absolute Gasteiger partial charge is 0.254 e. The lowest BCUT2D eigenvalue weighted by molar-refractivity contribution is 0.0743. The number of nitrogens with zero attached hydrogens (tertiary/aromatic N) is 1. The summed E-state index contributed by atoms with van der Waals surface area (Å²) < 4.78 is 0. The van der Waals surface area contributed by atoms with Crippen molar-refractivity contribution in [3.8, 4) is 0 Å². The molecule has 1 atom stereocenters. The molecule has 2 aromatic heterocycles. The molecule has 1 unspecified atom stereocenters. The minimum Gasteiger partial charge on any atom is -0.339 e. The molecular weight excluding hydrogens is 260 g/mol. The molecule has 5 heteroatoms. The first-order valence-corrected chi connectivity index (χ1v) is 6.94. The molecule has 2 heterocycles. The highest BCUT2D eigenvalue weighted by atomic mass is 32.1. The highest BCUT2D eigenvalue weighted by Crippen LogP contribution is 2.14. The lowest BCUT2D eigenvalue weighted by Gasteiger charge is -2.24. The number of nitrogens with one attached hydrogen (secondary N) is 1. The summed E-state index contributed by atoms with van der Waals surface area (Å²) in [7, 11) is 1.77. The Morgan fingerprint density at radius 2 is 2.26 bits per heavy atom. The molecule has 0 aliphatic carbocycles. The number of hydrogen-bond donors (Lipinski definition) is 1. The lowest BCUT2D eigenvalue weighted by Crippen LogP contribution is -2.36. The molecule has 0 fully saturated rings. The van der Waals surface area contributed by atoms with Crippen molar-refractivity contribution < 1.29 is 4.79 Å². The number of carbonyl (C=O) groups excluding carboxylic acids is 1. The van der Waals surface area contributed by atoms with E-state index in [1.54, 1.807) is 29.4 Å². The van der Waals surface area contributed by atoms with Gasteiger partial charge in [0.15, 0.2) is 0 Å². The van der Waals surface area contributed by atoms with Crippen LogP contribution in [-0.4, -0.2) is 28.9 Å². The first-order valence-electron chi connectivity index (χ1n) is 6.06. The molecular formula is C14H16N2O2S. The van der Waals surface area contributed by atoms with Gasteiger partial charge in [0.25, 0.3) is 5.91 Å². The predicted octanol–water partition coefficient (Wildman–Crippen LogP) is 2.14. The molecule has 0 spiro atoms. The molecule has 0 aliphatic rings. The first-order chi connectivity index (χ1) is 9.08. The maximum atomic E-state index is 12.2. The molecule has 1 N–H and O–H groups in total. The molecule has 100 valence electrons. The van der Waals surface area contributed by atoms with Crippen molar-refractivity contribution in [1.82, 2.24) is 9.88 Å². The zero-order chi connectivity index (χ0) is 13.8. The number of rotatable bonds is 4. The molecule has 0 saturated heterocycles. The van der Waals surface area contributed by atoms with Gasteiger partial charge < -0.3 is 9.88 Å². The number of H-pyrrole nitrogens is 1. The number of thiophene rings is 1. The average molecular weight is 276 g/mol. The Hall–Kier alpha value is -1.88. The Morgan fingerprint density at radius 3 is 2.89 bits per heavy atom. The lowest BCUT2D eigenvalue weighted by atomic mass is 10.1. The highest BCUT2D eigenvalue weighted by Gasteiger charge is 2.18. The Labute approximate surface area is 115 Å². The zero-order valence-corrected chi connectivity index (χ0v) is 11.7. The summed E-state index contributed by atoms with van der Waals surface area (Å²) in [6, 6.07) is 7.11. The van der Waals surface area contributed by atoms with E-state index in [1.165, 1.54) is 17.1 Å². The van der Waals surface area contributed by atoms with Crippen LogP contribution in [-0.2, 0) is 6.42 Å². The van der Waals surface area contributed by atoms with E-state index in [9.17, 15) is 9.59 Å². The monoisotopic (exact) mass is 276 g/mol. The van der Waals surface area contributed by atoms with E-state index >= 15 is 0 Å². The standard InChI is InChI=1S/C14H16N2O2S/c1-10(8-12-4-3-7-19-12)16(2)14(18)11-5-6-15-13(17)9-11/h3-7,9-10H,8H2,1-2H3,(H,15,17). The molecule has 19 heavy (non-hydrogen) atoms. The van der Waals surface area contributed by atoms with Crippen molar-refractivity contribution >= 4 is 17.2 Å². The van der Waals surface area contributed by atoms with Crippen LogP contribution in [0.1, 0.15) is 22.2 Å². The third-order valence-corrected chi connectivity index (χ3v) is 3.98. The van der Waals surface area contributed by atoms with Crippen molar-refractivity contribution in [3.05, 3.63) is 56.6 Å². The van der Waals surface area contributed by atoms with Gasteiger partial charge in [0.1, 0.15) is 0 Å². The Morgan fingerprint density at radius 1 is 1.47 bits per heavy atom. The van der Waals surface area contributed by atoms with E-state index in [2.05, 4.69) is 11.1 Å². The van der Waals surface area contributed by atoms with Crippen molar-refractivity contribution in [2.75, 3.05) is 7.05 Å². The largest absolute Gasteiger partial charge is 0.339 e. The van der Waals surface area contributed by atoms with E-state index in [1.807, 2.05) is 18.4 Å². The number of aromatic nitrogens is 1. The Bertz CT molecular complexity index is 604. The normalized spacial score (nSPS) is 12.1. The number of carbonyl (C=O) groups is 1. The molecule has 4 nitrogen and oxygen atoms in total. The van der Waals surface area contributed by atoms with Gasteiger partial charge in [0.2, 0.25) is 5.56 Å². The van der Waals surface area contributed by atoms with Crippen LogP contribution in [0.4, 0.5) is 0 Å². The third kappa shape index (κ3) is 3.32. The van der Waals surface area contributed by atoms with Gasteiger partial charge in [-0.05, 0) is 24.4 Å². The second-order valence-electron chi connectivity index (χ2n) is 4.49. The van der Waals surface area contributed by atoms with Crippen molar-refractivity contribution in [1.29, 1.82) is 0 Å². The van der Waals surface area contributed by atoms with Gasteiger partial charge in [-0.25, -0.2) is 0 Å². The van der Waals surface area contributed by atoms with E-state index in [0.29, 0.717) is 5.56 Å². The predicted molar refractivity (Wildman–Crippen MR) is 76.6 cm³/mol. The van der Waals surface area contributed by atoms with Gasteiger partial charge in [0.05, 0.1) is 0 Å². The van der Waals surface area contributed by atoms with Crippen molar-refractivity contribution in [3.63, 3.8) is 0 Å². The van der Waals surface area contributed by atoms with Crippen LogP contribution < -0.4 is 5.56 Å². The quantitative estimate of drug-likeness (QED) is 0.930. The van der Waals surface area contributed by atoms with Gasteiger partial charge in [-0.15, -0.1) is 11.3 Å². The summed E-state index contributed by atoms with van der Waals surface area (Å²) in [5.74, 6) is -0.129. The maximum Gasteiger partial charge on any atom is 0.254 e. The van der Waals surface area contributed by atoms with Crippen LogP contribution in [0.5, 0.6) is 0 Å². The molecule has 0 aromatic carbocycles. The van der Waals surface area contributed by atoms with Gasteiger partial charge in [-0.1, -0.05) is 6.07 Å². The zero-order valence-electron chi connectivity index (χ0n) is 10.9. The number of likely N-dealkylation sites (N-methyl/N-ethyl adjacent to an activating group) is 1. The molecule has 0 saturated carbocycles. The molecule has 0 radical (unpaired) electrons. The summed E-state index contributed by atoms with van der Waals surface area (Å²) in [4.78, 5) is 28.9. The molecule has 0 bridgehead atoms. The summed E-state index contributed by atoms with van der Waals surface area (Å²) in [6.07, 6.45) is 2.32. The van der Waals surface area contributed by atoms with Crippen LogP contribution in [0.3, 0.4) is 0 Å². The minimum absolute atomic E-state index is 0.0884. The summed E-state index contributed by atoms with van der Waals surface area (Å²) in [5.41, 5.74) is 0.162. The Balaban J connectivity index is 2.08. The topological polar surface area (TPSA) is 53.2 Å². The van der Waals surface area contributed by atoms with Crippen molar-refractivity contribution in [2.24, 2.45) is 0 Å². The fourth-order valence-corrected chi connectivity index (χ4v) is 2.66. The summed E-state index contributed by atoms with van der Waals surface area (Å²) in [5, 5.41) is 2.03. The SMILES string of the molecule is CC(Cc1cccs1)N(C)C(=O)c1cc[nH]c(=O)c1. The summed E-state index contributed by atoms with van der Waals surface area (Å²) >= 11 is 1.69. The van der Waals surface area contributed by atoms with Crippen LogP contribution in [0.25, 0.3) is 0 Å². The van der Waals surface area contributed by atoms with Crippen molar-refractivity contribution in [2.45, 2.75) is 19.4 Å². The van der Waals surface area contributed by atoms with Gasteiger partial charge in [0, 0.05) is 42.2 Å². The van der Waals surface area contributed by atoms with E-state index < -0.39 is 0 Å². The fourth-order valence-electron chi connectivity index (χ4n) is 1.84. The fraction of sp³-hybridized carbons (Fsp3) is 0.286. The first kappa shape index (κ1) is 13.5. The number of amides is 1. The minimum atomic E-state index is -0.259. The molecule has 0 aliphatic heterocycles. The van der Waals surface area contributed by atoms with Gasteiger partial charge >= 0.3 is 0 Å². The van der Waals surface area contributed by atoms with E-state index in [4.69, 9.17) is 0 Å². The molecule has 1 amide bonds. The van der Waals surface area contributed by atoms with E-state index in [0.717, 1.165) is 6.42 Å². The molecule has 2 rings (SSSR count). The number of aromatic amines is 1. The van der Waals surface area contributed by atoms with Crippen LogP contribution in [0.2, 0.25) is 0 Å². The van der Waals surface area contributed by atoms with Crippen LogP contribution in [0, 0.1) is 0 Å². The average Bonchev–Trinajstić information content (AvgIpc) is 2.89. The van der Waals surface area contributed by atoms with Gasteiger partial charge in [-0.3, -0.25) is 9.59 Å². The second kappa shape index (κ2) is 5.84. The molecule has 2 aromatic rings. The summed E-state index contributed by atoms with van der Waals surface area (Å²) in [6.45, 7) is 2.00. The third-order valence-electron chi connectivity index (χ3n) is 3.08. The van der Waals surface area contributed by atoms with Gasteiger partial charge in [-0.2, -0.15) is 0 Å². The second-order valence-corrected chi connectivity index (χ2v) is 5.52.